The third-order valence-electron chi connectivity index (χ3n) is 2.52. The number of hydrogen-bond acceptors (Lipinski definition) is 3. The van der Waals surface area contributed by atoms with Crippen LogP contribution in [0.2, 0.25) is 0 Å². The SMILES string of the molecule is C=N/C=C(/C=C/N=C(C=N)C(C)C)C(=C)C(C)C. The average Bonchev–Trinajstić information content (AvgIpc) is 2.31. The molecule has 98 valence electrons. The highest BCUT2D eigenvalue weighted by atomic mass is 14.7. The fraction of sp³-hybridized carbons (Fsp3) is 0.400. The fourth-order valence-corrected chi connectivity index (χ4v) is 1.22. The average molecular weight is 245 g/mol. The first-order valence-corrected chi connectivity index (χ1v) is 6.03. The lowest BCUT2D eigenvalue weighted by Gasteiger charge is -2.09. The Hall–Kier alpha value is -1.77. The van der Waals surface area contributed by atoms with Crippen molar-refractivity contribution in [2.75, 3.05) is 0 Å². The number of hydrogen-bond donors (Lipinski definition) is 1. The van der Waals surface area contributed by atoms with Crippen LogP contribution in [-0.2, 0) is 0 Å². The van der Waals surface area contributed by atoms with E-state index in [0.29, 0.717) is 5.92 Å². The maximum absolute atomic E-state index is 7.26. The van der Waals surface area contributed by atoms with Gasteiger partial charge in [-0.2, -0.15) is 0 Å². The molecule has 0 aliphatic rings. The summed E-state index contributed by atoms with van der Waals surface area (Å²) < 4.78 is 0. The minimum absolute atomic E-state index is 0.241. The van der Waals surface area contributed by atoms with Crippen molar-refractivity contribution in [1.29, 1.82) is 5.41 Å². The third-order valence-corrected chi connectivity index (χ3v) is 2.52. The monoisotopic (exact) mass is 245 g/mol. The lowest BCUT2D eigenvalue weighted by Crippen LogP contribution is -2.07. The Labute approximate surface area is 110 Å². The molecule has 0 aliphatic carbocycles. The molecule has 0 fully saturated rings. The molecule has 0 saturated heterocycles. The zero-order chi connectivity index (χ0) is 14.1. The van der Waals surface area contributed by atoms with E-state index in [9.17, 15) is 0 Å². The van der Waals surface area contributed by atoms with Gasteiger partial charge in [0.1, 0.15) is 0 Å². The summed E-state index contributed by atoms with van der Waals surface area (Å²) >= 11 is 0. The summed E-state index contributed by atoms with van der Waals surface area (Å²) in [5.74, 6) is 0.587. The van der Waals surface area contributed by atoms with E-state index in [2.05, 4.69) is 37.1 Å². The highest BCUT2D eigenvalue weighted by Crippen LogP contribution is 2.18. The summed E-state index contributed by atoms with van der Waals surface area (Å²) in [5.41, 5.74) is 2.65. The van der Waals surface area contributed by atoms with Crippen LogP contribution in [0.5, 0.6) is 0 Å². The number of nitrogens with one attached hydrogen (secondary N) is 1. The molecule has 0 heterocycles. The minimum Gasteiger partial charge on any atom is -0.307 e. The molecule has 3 nitrogen and oxygen atoms in total. The van der Waals surface area contributed by atoms with Crippen LogP contribution in [0.1, 0.15) is 27.7 Å². The first-order chi connectivity index (χ1) is 8.43. The van der Waals surface area contributed by atoms with Crippen molar-refractivity contribution in [3.05, 3.63) is 36.2 Å². The molecule has 18 heavy (non-hydrogen) atoms. The highest BCUT2D eigenvalue weighted by Gasteiger charge is 2.04. The van der Waals surface area contributed by atoms with Gasteiger partial charge in [0.2, 0.25) is 0 Å². The van der Waals surface area contributed by atoms with E-state index in [0.717, 1.165) is 16.9 Å². The van der Waals surface area contributed by atoms with Gasteiger partial charge in [0.05, 0.1) is 5.71 Å². The van der Waals surface area contributed by atoms with Gasteiger partial charge in [-0.3, -0.25) is 9.98 Å². The second-order valence-corrected chi connectivity index (χ2v) is 4.62. The molecule has 0 aromatic carbocycles. The Balaban J connectivity index is 5.02. The summed E-state index contributed by atoms with van der Waals surface area (Å²) in [6, 6.07) is 0. The largest absolute Gasteiger partial charge is 0.307 e. The molecule has 0 aliphatic heterocycles. The first kappa shape index (κ1) is 16.2. The maximum Gasteiger partial charge on any atom is 0.0604 e. The number of aliphatic imine (C=N–C) groups is 2. The minimum atomic E-state index is 0.241. The molecular formula is C15H23N3. The highest BCUT2D eigenvalue weighted by molar-refractivity contribution is 6.30. The molecule has 0 amide bonds. The predicted octanol–water partition coefficient (Wildman–Crippen LogP) is 4.04. The molecule has 0 bridgehead atoms. The van der Waals surface area contributed by atoms with E-state index in [4.69, 9.17) is 5.41 Å². The molecule has 0 atom stereocenters. The second kappa shape index (κ2) is 8.34. The molecule has 3 heteroatoms. The van der Waals surface area contributed by atoms with E-state index in [-0.39, 0.29) is 5.92 Å². The lowest BCUT2D eigenvalue weighted by molar-refractivity contribution is 0.786. The molecule has 1 N–H and O–H groups in total. The van der Waals surface area contributed by atoms with Crippen molar-refractivity contribution in [2.24, 2.45) is 21.8 Å². The van der Waals surface area contributed by atoms with Gasteiger partial charge in [-0.05, 0) is 35.8 Å². The van der Waals surface area contributed by atoms with Crippen LogP contribution in [0, 0.1) is 17.2 Å². The Morgan fingerprint density at radius 3 is 2.17 bits per heavy atom. The Morgan fingerprint density at radius 1 is 1.17 bits per heavy atom. The van der Waals surface area contributed by atoms with Crippen LogP contribution in [0.25, 0.3) is 0 Å². The molecule has 0 saturated carbocycles. The standard InChI is InChI=1S/C15H23N3/c1-11(2)13(5)14(10-17-6)7-8-18-15(9-16)12(3)4/h7-12,16H,5-6H2,1-4H3/b8-7+,14-10-,16-9?,18-15?. The lowest BCUT2D eigenvalue weighted by atomic mass is 9.97. The molecule has 0 unspecified atom stereocenters. The van der Waals surface area contributed by atoms with Crippen molar-refractivity contribution >= 4 is 18.6 Å². The number of nitrogens with zero attached hydrogens (tertiary/aromatic N) is 2. The molecule has 0 spiro atoms. The van der Waals surface area contributed by atoms with Crippen LogP contribution >= 0.6 is 0 Å². The van der Waals surface area contributed by atoms with Crippen LogP contribution in [0.15, 0.2) is 46.2 Å². The zero-order valence-electron chi connectivity index (χ0n) is 11.8. The summed E-state index contributed by atoms with van der Waals surface area (Å²) in [6.45, 7) is 15.6. The van der Waals surface area contributed by atoms with Gasteiger partial charge in [-0.25, -0.2) is 0 Å². The van der Waals surface area contributed by atoms with Gasteiger partial charge < -0.3 is 5.41 Å². The van der Waals surface area contributed by atoms with Gasteiger partial charge in [0.15, 0.2) is 0 Å². The van der Waals surface area contributed by atoms with Crippen LogP contribution in [-0.4, -0.2) is 18.6 Å². The van der Waals surface area contributed by atoms with Gasteiger partial charge in [0.25, 0.3) is 0 Å². The first-order valence-electron chi connectivity index (χ1n) is 6.03. The quantitative estimate of drug-likeness (QED) is 0.520. The van der Waals surface area contributed by atoms with E-state index >= 15 is 0 Å². The zero-order valence-corrected chi connectivity index (χ0v) is 11.8. The Morgan fingerprint density at radius 2 is 1.78 bits per heavy atom. The third kappa shape index (κ3) is 5.53. The summed E-state index contributed by atoms with van der Waals surface area (Å²) in [4.78, 5) is 8.03. The maximum atomic E-state index is 7.26. The van der Waals surface area contributed by atoms with Crippen molar-refractivity contribution in [1.82, 2.24) is 0 Å². The van der Waals surface area contributed by atoms with Crippen LogP contribution < -0.4 is 0 Å². The normalized spacial score (nSPS) is 13.4. The van der Waals surface area contributed by atoms with Crippen LogP contribution in [0.3, 0.4) is 0 Å². The van der Waals surface area contributed by atoms with Crippen molar-refractivity contribution < 1.29 is 0 Å². The molecule has 0 aromatic rings. The Kier molecular flexibility index (Phi) is 7.52. The van der Waals surface area contributed by atoms with Gasteiger partial charge in [-0.15, -0.1) is 0 Å². The summed E-state index contributed by atoms with van der Waals surface area (Å²) in [5, 5.41) is 7.26. The fourth-order valence-electron chi connectivity index (χ4n) is 1.22. The van der Waals surface area contributed by atoms with Crippen LogP contribution in [0.4, 0.5) is 0 Å². The number of rotatable bonds is 7. The van der Waals surface area contributed by atoms with E-state index < -0.39 is 0 Å². The molecule has 0 radical (unpaired) electrons. The molecular weight excluding hydrogens is 222 g/mol. The van der Waals surface area contributed by atoms with E-state index in [1.165, 1.54) is 6.21 Å². The summed E-state index contributed by atoms with van der Waals surface area (Å²) in [7, 11) is 0. The second-order valence-electron chi connectivity index (χ2n) is 4.62. The summed E-state index contributed by atoms with van der Waals surface area (Å²) in [6.07, 6.45) is 6.49. The smallest absolute Gasteiger partial charge is 0.0604 e. The molecule has 0 rings (SSSR count). The van der Waals surface area contributed by atoms with Gasteiger partial charge >= 0.3 is 0 Å². The number of allylic oxidation sites excluding steroid dienone is 3. The predicted molar refractivity (Wildman–Crippen MR) is 81.8 cm³/mol. The van der Waals surface area contributed by atoms with Crippen molar-refractivity contribution in [2.45, 2.75) is 27.7 Å². The van der Waals surface area contributed by atoms with Crippen molar-refractivity contribution in [3.63, 3.8) is 0 Å². The van der Waals surface area contributed by atoms with E-state index in [1.54, 1.807) is 12.4 Å². The topological polar surface area (TPSA) is 48.6 Å². The van der Waals surface area contributed by atoms with E-state index in [1.807, 2.05) is 19.9 Å². The van der Waals surface area contributed by atoms with Gasteiger partial charge in [0, 0.05) is 18.6 Å². The van der Waals surface area contributed by atoms with Crippen molar-refractivity contribution in [3.8, 4) is 0 Å². The Bertz CT molecular complexity index is 396. The van der Waals surface area contributed by atoms with Gasteiger partial charge in [-0.1, -0.05) is 34.3 Å². The molecule has 0 aromatic heterocycles.